The Morgan fingerprint density at radius 2 is 1.42 bits per heavy atom. The standard InChI is InChI=1S/C20H18N6/c21-19(22)25-26-20(23)24-17-7-3-6-12-8-9-15-10-13-4-1-2-5-14(13)11-16(15)18(12)17/h1-11H,(H4,21,22,25)(H3,23,24,26). The molecule has 128 valence electrons. The molecule has 0 aliphatic heterocycles. The second-order valence-electron chi connectivity index (χ2n) is 6.01. The summed E-state index contributed by atoms with van der Waals surface area (Å²) < 4.78 is 0. The van der Waals surface area contributed by atoms with Crippen molar-refractivity contribution in [3.63, 3.8) is 0 Å². The van der Waals surface area contributed by atoms with Crippen molar-refractivity contribution in [3.05, 3.63) is 66.7 Å². The molecule has 0 radical (unpaired) electrons. The van der Waals surface area contributed by atoms with E-state index >= 15 is 0 Å². The smallest absolute Gasteiger partial charge is 0.214 e. The van der Waals surface area contributed by atoms with Crippen LogP contribution >= 0.6 is 0 Å². The van der Waals surface area contributed by atoms with Gasteiger partial charge in [-0.2, -0.15) is 0 Å². The highest BCUT2D eigenvalue weighted by Gasteiger charge is 2.07. The minimum atomic E-state index is -0.113. The predicted molar refractivity (Wildman–Crippen MR) is 109 cm³/mol. The summed E-state index contributed by atoms with van der Waals surface area (Å²) in [5.74, 6) is 0.00156. The summed E-state index contributed by atoms with van der Waals surface area (Å²) >= 11 is 0. The Kier molecular flexibility index (Phi) is 3.78. The summed E-state index contributed by atoms with van der Waals surface area (Å²) in [6, 6.07) is 22.8. The topological polar surface area (TPSA) is 115 Å². The van der Waals surface area contributed by atoms with Gasteiger partial charge in [-0.05, 0) is 45.1 Å². The first kappa shape index (κ1) is 15.7. The molecule has 4 rings (SSSR count). The zero-order valence-corrected chi connectivity index (χ0v) is 14.0. The van der Waals surface area contributed by atoms with E-state index in [1.54, 1.807) is 0 Å². The lowest BCUT2D eigenvalue weighted by Gasteiger charge is -2.09. The Labute approximate surface area is 150 Å². The maximum atomic E-state index is 5.90. The van der Waals surface area contributed by atoms with E-state index in [9.17, 15) is 0 Å². The Bertz CT molecular complexity index is 1190. The molecule has 0 unspecified atom stereocenters. The van der Waals surface area contributed by atoms with Crippen molar-refractivity contribution in [3.8, 4) is 0 Å². The van der Waals surface area contributed by atoms with Gasteiger partial charge in [0.25, 0.3) is 0 Å². The highest BCUT2D eigenvalue weighted by Crippen LogP contribution is 2.35. The molecule has 0 amide bonds. The molecule has 0 aliphatic rings. The molecule has 26 heavy (non-hydrogen) atoms. The number of benzene rings is 4. The van der Waals surface area contributed by atoms with Crippen LogP contribution in [0.3, 0.4) is 0 Å². The van der Waals surface area contributed by atoms with Crippen LogP contribution in [-0.2, 0) is 0 Å². The van der Waals surface area contributed by atoms with Gasteiger partial charge in [0.1, 0.15) is 0 Å². The van der Waals surface area contributed by atoms with E-state index in [0.717, 1.165) is 27.2 Å². The number of aliphatic imine (C=N–C) groups is 1. The lowest BCUT2D eigenvalue weighted by Crippen LogP contribution is -2.32. The number of rotatable bonds is 2. The molecule has 6 nitrogen and oxygen atoms in total. The largest absolute Gasteiger partial charge is 0.369 e. The summed E-state index contributed by atoms with van der Waals surface area (Å²) in [5.41, 5.74) is 19.8. The fourth-order valence-corrected chi connectivity index (χ4v) is 3.15. The number of hydrazone groups is 1. The Morgan fingerprint density at radius 1 is 0.731 bits per heavy atom. The van der Waals surface area contributed by atoms with Crippen molar-refractivity contribution in [2.45, 2.75) is 0 Å². The first-order chi connectivity index (χ1) is 12.6. The molecule has 0 atom stereocenters. The van der Waals surface area contributed by atoms with Crippen LogP contribution in [-0.4, -0.2) is 11.9 Å². The third-order valence-corrected chi connectivity index (χ3v) is 4.24. The number of guanidine groups is 2. The number of nitrogens with one attached hydrogen (secondary N) is 1. The van der Waals surface area contributed by atoms with Crippen molar-refractivity contribution in [2.75, 3.05) is 0 Å². The first-order valence-corrected chi connectivity index (χ1v) is 8.15. The normalized spacial score (nSPS) is 11.8. The lowest BCUT2D eigenvalue weighted by atomic mass is 9.97. The van der Waals surface area contributed by atoms with Crippen LogP contribution in [0.4, 0.5) is 5.69 Å². The van der Waals surface area contributed by atoms with Gasteiger partial charge in [0, 0.05) is 5.39 Å². The molecule has 4 aromatic carbocycles. The van der Waals surface area contributed by atoms with Crippen LogP contribution in [0.15, 0.2) is 76.8 Å². The van der Waals surface area contributed by atoms with Crippen molar-refractivity contribution in [1.29, 1.82) is 0 Å². The summed E-state index contributed by atoms with van der Waals surface area (Å²) in [7, 11) is 0. The number of hydrogen-bond donors (Lipinski definition) is 4. The zero-order valence-electron chi connectivity index (χ0n) is 14.0. The molecule has 0 spiro atoms. The summed E-state index contributed by atoms with van der Waals surface area (Å²) in [6.07, 6.45) is 0. The maximum absolute atomic E-state index is 5.90. The number of nitrogens with two attached hydrogens (primary N) is 3. The summed E-state index contributed by atoms with van der Waals surface area (Å²) in [5, 5.41) is 10.4. The molecule has 4 aromatic rings. The van der Waals surface area contributed by atoms with E-state index < -0.39 is 0 Å². The third-order valence-electron chi connectivity index (χ3n) is 4.24. The molecule has 0 bridgehead atoms. The van der Waals surface area contributed by atoms with Gasteiger partial charge >= 0.3 is 0 Å². The zero-order chi connectivity index (χ0) is 18.1. The van der Waals surface area contributed by atoms with Gasteiger partial charge in [-0.3, -0.25) is 0 Å². The molecule has 0 aliphatic carbocycles. The minimum absolute atomic E-state index is 0.113. The van der Waals surface area contributed by atoms with Crippen molar-refractivity contribution in [1.82, 2.24) is 5.43 Å². The average Bonchev–Trinajstić information content (AvgIpc) is 2.64. The molecule has 0 saturated heterocycles. The predicted octanol–water partition coefficient (Wildman–Crippen LogP) is 2.87. The highest BCUT2D eigenvalue weighted by atomic mass is 15.4. The Balaban J connectivity index is 1.98. The molecule has 6 heteroatoms. The van der Waals surface area contributed by atoms with Crippen molar-refractivity contribution < 1.29 is 0 Å². The molecular formula is C20H18N6. The molecule has 0 saturated carbocycles. The second kappa shape index (κ2) is 6.25. The van der Waals surface area contributed by atoms with Gasteiger partial charge in [-0.25, -0.2) is 10.4 Å². The van der Waals surface area contributed by atoms with E-state index in [1.165, 1.54) is 10.8 Å². The molecule has 0 heterocycles. The van der Waals surface area contributed by atoms with Gasteiger partial charge in [-0.15, -0.1) is 5.10 Å². The Morgan fingerprint density at radius 3 is 2.19 bits per heavy atom. The highest BCUT2D eigenvalue weighted by molar-refractivity contribution is 6.16. The summed E-state index contributed by atoms with van der Waals surface area (Å²) in [6.45, 7) is 0. The van der Waals surface area contributed by atoms with Crippen LogP contribution in [0.2, 0.25) is 0 Å². The van der Waals surface area contributed by atoms with Crippen LogP contribution in [0.5, 0.6) is 0 Å². The van der Waals surface area contributed by atoms with Crippen LogP contribution < -0.4 is 22.6 Å². The van der Waals surface area contributed by atoms with Gasteiger partial charge in [-0.1, -0.05) is 48.5 Å². The monoisotopic (exact) mass is 342 g/mol. The quantitative estimate of drug-likeness (QED) is 0.147. The molecule has 7 N–H and O–H groups in total. The van der Waals surface area contributed by atoms with Crippen LogP contribution in [0.1, 0.15) is 0 Å². The minimum Gasteiger partial charge on any atom is -0.369 e. The van der Waals surface area contributed by atoms with E-state index in [0.29, 0.717) is 0 Å². The SMILES string of the molecule is NC(N)=NNC(N)=Nc1cccc2ccc3cc4ccccc4cc3c12. The fraction of sp³-hybridized carbons (Fsp3) is 0. The van der Waals surface area contributed by atoms with Crippen LogP contribution in [0, 0.1) is 0 Å². The molecule has 0 aromatic heterocycles. The fourth-order valence-electron chi connectivity index (χ4n) is 3.15. The van der Waals surface area contributed by atoms with E-state index in [-0.39, 0.29) is 11.9 Å². The Hall–Kier alpha value is -3.80. The number of fused-ring (bicyclic) bond motifs is 4. The van der Waals surface area contributed by atoms with Gasteiger partial charge in [0.15, 0.2) is 0 Å². The van der Waals surface area contributed by atoms with Crippen molar-refractivity contribution >= 4 is 49.9 Å². The van der Waals surface area contributed by atoms with E-state index in [1.807, 2.05) is 24.3 Å². The van der Waals surface area contributed by atoms with Crippen molar-refractivity contribution in [2.24, 2.45) is 27.3 Å². The molecule has 0 fully saturated rings. The lowest BCUT2D eigenvalue weighted by molar-refractivity contribution is 0.995. The van der Waals surface area contributed by atoms with E-state index in [2.05, 4.69) is 58.0 Å². The summed E-state index contributed by atoms with van der Waals surface area (Å²) in [4.78, 5) is 4.45. The van der Waals surface area contributed by atoms with Gasteiger partial charge < -0.3 is 17.2 Å². The average molecular weight is 342 g/mol. The number of hydrogen-bond acceptors (Lipinski definition) is 2. The van der Waals surface area contributed by atoms with Gasteiger partial charge in [0.2, 0.25) is 11.9 Å². The molecular weight excluding hydrogens is 324 g/mol. The van der Waals surface area contributed by atoms with Crippen LogP contribution in [0.25, 0.3) is 32.3 Å². The maximum Gasteiger partial charge on any atom is 0.214 e. The second-order valence-corrected chi connectivity index (χ2v) is 6.01. The first-order valence-electron chi connectivity index (χ1n) is 8.15. The number of nitrogens with zero attached hydrogens (tertiary/aromatic N) is 2. The van der Waals surface area contributed by atoms with Gasteiger partial charge in [0.05, 0.1) is 5.69 Å². The van der Waals surface area contributed by atoms with E-state index in [4.69, 9.17) is 17.2 Å². The third kappa shape index (κ3) is 2.84.